The van der Waals surface area contributed by atoms with E-state index in [-0.39, 0.29) is 24.3 Å². The van der Waals surface area contributed by atoms with Crippen LogP contribution in [0.3, 0.4) is 0 Å². The van der Waals surface area contributed by atoms with Crippen molar-refractivity contribution in [1.82, 2.24) is 14.9 Å². The molecule has 216 valence electrons. The lowest BCUT2D eigenvalue weighted by Crippen LogP contribution is -2.50. The van der Waals surface area contributed by atoms with Crippen molar-refractivity contribution >= 4 is 41.1 Å². The number of hydrogen-bond acceptors (Lipinski definition) is 7. The maximum absolute atomic E-state index is 13.8. The maximum atomic E-state index is 13.8. The molecule has 4 amide bonds. The Labute approximate surface area is 231 Å². The van der Waals surface area contributed by atoms with Crippen LogP contribution in [0.5, 0.6) is 0 Å². The number of piperidine rings is 1. The topological polar surface area (TPSA) is 124 Å². The van der Waals surface area contributed by atoms with Crippen molar-refractivity contribution in [2.45, 2.75) is 25.4 Å². The smallest absolute Gasteiger partial charge is 0.417 e. The Balaban J connectivity index is 1.20. The lowest BCUT2D eigenvalue weighted by Gasteiger charge is -2.35. The van der Waals surface area contributed by atoms with Crippen LogP contribution in [0.2, 0.25) is 0 Å². The molecule has 15 heteroatoms. The van der Waals surface area contributed by atoms with Gasteiger partial charge in [-0.05, 0) is 37.1 Å². The number of anilines is 4. The average molecular weight is 576 g/mol. The highest BCUT2D eigenvalue weighted by atomic mass is 19.4. The first-order chi connectivity index (χ1) is 19.6. The second kappa shape index (κ2) is 11.4. The van der Waals surface area contributed by atoms with Gasteiger partial charge in [-0.15, -0.1) is 0 Å². The largest absolute Gasteiger partial charge is 0.437 e. The van der Waals surface area contributed by atoms with Gasteiger partial charge in [-0.1, -0.05) is 12.1 Å². The van der Waals surface area contributed by atoms with Gasteiger partial charge in [0, 0.05) is 39.1 Å². The summed E-state index contributed by atoms with van der Waals surface area (Å²) < 4.78 is 59.8. The number of nitrogens with zero attached hydrogens (tertiary/aromatic N) is 5. The van der Waals surface area contributed by atoms with Gasteiger partial charge in [-0.3, -0.25) is 14.5 Å². The number of carbonyl (C=O) groups excluding carboxylic acids is 3. The van der Waals surface area contributed by atoms with Gasteiger partial charge in [0.05, 0.1) is 17.6 Å². The lowest BCUT2D eigenvalue weighted by molar-refractivity contribution is -0.141. The van der Waals surface area contributed by atoms with Gasteiger partial charge in [0.2, 0.25) is 11.7 Å². The molecule has 5 rings (SSSR count). The quantitative estimate of drug-likeness (QED) is 0.434. The number of rotatable bonds is 5. The summed E-state index contributed by atoms with van der Waals surface area (Å²) in [7, 11) is 0. The molecule has 11 nitrogen and oxygen atoms in total. The fourth-order valence-corrected chi connectivity index (χ4v) is 4.51. The molecule has 3 aromatic rings. The second-order valence-corrected chi connectivity index (χ2v) is 9.42. The van der Waals surface area contributed by atoms with Crippen LogP contribution in [0.15, 0.2) is 47.0 Å². The molecule has 4 heterocycles. The van der Waals surface area contributed by atoms with Crippen LogP contribution in [0.1, 0.15) is 35.5 Å². The number of halogens is 4. The van der Waals surface area contributed by atoms with E-state index in [0.29, 0.717) is 44.8 Å². The summed E-state index contributed by atoms with van der Waals surface area (Å²) in [4.78, 5) is 49.5. The predicted octanol–water partition coefficient (Wildman–Crippen LogP) is 4.35. The highest BCUT2D eigenvalue weighted by Gasteiger charge is 2.42. The second-order valence-electron chi connectivity index (χ2n) is 9.42. The van der Waals surface area contributed by atoms with Crippen molar-refractivity contribution in [1.29, 1.82) is 0 Å². The summed E-state index contributed by atoms with van der Waals surface area (Å²) in [6.45, 7) is 1.68. The number of amides is 4. The standard InChI is InChI=1S/C26H25F4N7O4/c27-17-5-1-2-6-18(17)33-24(40)36-13-11-35(12-14-36)19-9-8-16(15-31-19)32-23(39)21-22(26(28,29)30)34-25(41-21)37-10-4-3-7-20(37)38/h1-2,5-6,8-9,15H,3-4,7,10-14H2,(H,32,39)(H,33,40). The predicted molar refractivity (Wildman–Crippen MR) is 139 cm³/mol. The lowest BCUT2D eigenvalue weighted by atomic mass is 10.1. The van der Waals surface area contributed by atoms with Gasteiger partial charge in [0.25, 0.3) is 5.91 Å². The van der Waals surface area contributed by atoms with E-state index in [0.717, 1.165) is 4.90 Å². The van der Waals surface area contributed by atoms with Gasteiger partial charge in [-0.25, -0.2) is 14.2 Å². The minimum absolute atomic E-state index is 0.0862. The molecule has 41 heavy (non-hydrogen) atoms. The van der Waals surface area contributed by atoms with Crippen LogP contribution in [0, 0.1) is 5.82 Å². The van der Waals surface area contributed by atoms with Gasteiger partial charge < -0.3 is 24.9 Å². The van der Waals surface area contributed by atoms with Crippen LogP contribution in [0.25, 0.3) is 0 Å². The Morgan fingerprint density at radius 1 is 0.951 bits per heavy atom. The number of piperazine rings is 1. The first-order valence-electron chi connectivity index (χ1n) is 12.8. The highest BCUT2D eigenvalue weighted by molar-refractivity contribution is 6.03. The van der Waals surface area contributed by atoms with Crippen LogP contribution in [0.4, 0.5) is 45.6 Å². The minimum Gasteiger partial charge on any atom is -0.417 e. The Morgan fingerprint density at radius 2 is 1.71 bits per heavy atom. The first kappa shape index (κ1) is 27.9. The maximum Gasteiger partial charge on any atom is 0.437 e. The summed E-state index contributed by atoms with van der Waals surface area (Å²) >= 11 is 0. The molecule has 0 aliphatic carbocycles. The van der Waals surface area contributed by atoms with Crippen molar-refractivity contribution in [2.75, 3.05) is 53.2 Å². The Morgan fingerprint density at radius 3 is 2.37 bits per heavy atom. The molecule has 2 aromatic heterocycles. The summed E-state index contributed by atoms with van der Waals surface area (Å²) in [6.07, 6.45) is -2.37. The van der Waals surface area contributed by atoms with E-state index in [1.54, 1.807) is 17.0 Å². The molecular weight excluding hydrogens is 550 g/mol. The third-order valence-electron chi connectivity index (χ3n) is 6.66. The molecule has 2 aliphatic heterocycles. The van der Waals surface area contributed by atoms with E-state index in [9.17, 15) is 31.9 Å². The number of oxazole rings is 1. The minimum atomic E-state index is -4.98. The van der Waals surface area contributed by atoms with Crippen LogP contribution >= 0.6 is 0 Å². The zero-order valence-corrected chi connectivity index (χ0v) is 21.6. The van der Waals surface area contributed by atoms with Crippen LogP contribution in [-0.4, -0.2) is 65.4 Å². The third-order valence-corrected chi connectivity index (χ3v) is 6.66. The number of para-hydroxylation sites is 1. The van der Waals surface area contributed by atoms with Crippen molar-refractivity contribution in [2.24, 2.45) is 0 Å². The monoisotopic (exact) mass is 575 g/mol. The van der Waals surface area contributed by atoms with E-state index < -0.39 is 47.3 Å². The summed E-state index contributed by atoms with van der Waals surface area (Å²) in [5.74, 6) is -2.68. The molecule has 0 radical (unpaired) electrons. The SMILES string of the molecule is O=C(Nc1ccc(N2CCN(C(=O)Nc3ccccc3F)CC2)nc1)c1oc(N2CCCCC2=O)nc1C(F)(F)F. The van der Waals surface area contributed by atoms with Crippen LogP contribution < -0.4 is 20.4 Å². The van der Waals surface area contributed by atoms with E-state index in [1.165, 1.54) is 30.5 Å². The van der Waals surface area contributed by atoms with Crippen molar-refractivity contribution in [3.05, 3.63) is 59.9 Å². The number of alkyl halides is 3. The van der Waals surface area contributed by atoms with E-state index in [2.05, 4.69) is 20.6 Å². The third kappa shape index (κ3) is 6.23. The molecule has 1 aromatic carbocycles. The normalized spacial score (nSPS) is 16.1. The number of hydrogen-bond donors (Lipinski definition) is 2. The van der Waals surface area contributed by atoms with Gasteiger partial charge in [0.15, 0.2) is 5.69 Å². The fourth-order valence-electron chi connectivity index (χ4n) is 4.51. The zero-order valence-electron chi connectivity index (χ0n) is 21.6. The molecule has 0 spiro atoms. The van der Waals surface area contributed by atoms with E-state index >= 15 is 0 Å². The van der Waals surface area contributed by atoms with E-state index in [4.69, 9.17) is 4.42 Å². The molecule has 2 aliphatic rings. The number of urea groups is 1. The number of benzene rings is 1. The molecule has 0 unspecified atom stereocenters. The van der Waals surface area contributed by atoms with E-state index in [1.807, 2.05) is 4.90 Å². The van der Waals surface area contributed by atoms with Crippen molar-refractivity contribution < 1.29 is 36.4 Å². The molecule has 2 saturated heterocycles. The Bertz CT molecular complexity index is 1440. The molecular formula is C26H25F4N7O4. The van der Waals surface area contributed by atoms with Gasteiger partial charge in [-0.2, -0.15) is 18.2 Å². The Hall–Kier alpha value is -4.69. The number of carbonyl (C=O) groups is 3. The summed E-state index contributed by atoms with van der Waals surface area (Å²) in [5.41, 5.74) is -1.32. The van der Waals surface area contributed by atoms with Gasteiger partial charge in [0.1, 0.15) is 11.6 Å². The first-order valence-corrected chi connectivity index (χ1v) is 12.8. The van der Waals surface area contributed by atoms with Crippen molar-refractivity contribution in [3.63, 3.8) is 0 Å². The Kier molecular flexibility index (Phi) is 7.77. The molecule has 0 atom stereocenters. The summed E-state index contributed by atoms with van der Waals surface area (Å²) in [6, 6.07) is 7.90. The average Bonchev–Trinajstić information content (AvgIpc) is 3.42. The molecule has 0 bridgehead atoms. The zero-order chi connectivity index (χ0) is 29.1. The van der Waals surface area contributed by atoms with Crippen molar-refractivity contribution in [3.8, 4) is 0 Å². The molecule has 0 saturated carbocycles. The number of pyridine rings is 1. The number of aromatic nitrogens is 2. The molecule has 2 N–H and O–H groups in total. The van der Waals surface area contributed by atoms with Gasteiger partial charge >= 0.3 is 18.2 Å². The molecule has 2 fully saturated rings. The van der Waals surface area contributed by atoms with Crippen LogP contribution in [-0.2, 0) is 11.0 Å². The summed E-state index contributed by atoms with van der Waals surface area (Å²) in [5, 5.41) is 4.87. The fraction of sp³-hybridized carbons (Fsp3) is 0.346. The highest BCUT2D eigenvalue weighted by Crippen LogP contribution is 2.35. The number of nitrogens with one attached hydrogen (secondary N) is 2.